The number of hydrogen-bond donors (Lipinski definition) is 1. The Morgan fingerprint density at radius 3 is 2.45 bits per heavy atom. The number of halogens is 2. The first-order valence-electron chi connectivity index (χ1n) is 16.7. The summed E-state index contributed by atoms with van der Waals surface area (Å²) in [6, 6.07) is 18.4. The highest BCUT2D eigenvalue weighted by Crippen LogP contribution is 2.43. The molecule has 1 amide bonds. The minimum absolute atomic E-state index is 0.0756. The Morgan fingerprint density at radius 1 is 1.02 bits per heavy atom. The van der Waals surface area contributed by atoms with Crippen molar-refractivity contribution in [2.75, 3.05) is 29.0 Å². The normalized spacial score (nSPS) is 16.2. The van der Waals surface area contributed by atoms with E-state index in [4.69, 9.17) is 9.47 Å². The number of sulfonamides is 1. The van der Waals surface area contributed by atoms with Gasteiger partial charge >= 0.3 is 6.09 Å². The van der Waals surface area contributed by atoms with E-state index >= 15 is 4.39 Å². The summed E-state index contributed by atoms with van der Waals surface area (Å²) >= 11 is 0. The molecule has 3 heterocycles. The summed E-state index contributed by atoms with van der Waals surface area (Å²) in [4.78, 5) is 27.5. The molecule has 2 aromatic heterocycles. The zero-order valence-electron chi connectivity index (χ0n) is 29.7. The standard InChI is InChI=1S/C38H37F2N7O5S/c1-23-8-13-28-29(14-15-31(40)33(28)47(53(5,49)50)27-11-9-24(20-41)10-12-27)34(23)51-35-30(7-6-17-42-35)32-16-18-43-36(45-32)44-26-19-25(39)21-46(22-26)37(48)52-38(2,3)4/h6-18,25-26H,19,21-22H2,1-5H3,(H,43,44,45). The van der Waals surface area contributed by atoms with Gasteiger partial charge in [0.1, 0.15) is 29.0 Å². The van der Waals surface area contributed by atoms with Gasteiger partial charge in [-0.3, -0.25) is 0 Å². The number of rotatable bonds is 8. The number of carbonyl (C=O) groups excluding carboxylic acids is 1. The van der Waals surface area contributed by atoms with Gasteiger partial charge in [0.05, 0.1) is 41.4 Å². The first-order valence-corrected chi connectivity index (χ1v) is 18.5. The van der Waals surface area contributed by atoms with E-state index in [1.54, 1.807) is 58.0 Å². The third-order valence-corrected chi connectivity index (χ3v) is 9.38. The van der Waals surface area contributed by atoms with Crippen molar-refractivity contribution in [3.05, 3.63) is 96.1 Å². The number of likely N-dealkylation sites (tertiary alicyclic amines) is 1. The number of carbonyl (C=O) groups is 1. The van der Waals surface area contributed by atoms with E-state index in [1.165, 1.54) is 53.7 Å². The molecule has 1 aliphatic heterocycles. The van der Waals surface area contributed by atoms with Crippen molar-refractivity contribution < 1.29 is 31.5 Å². The molecule has 2 atom stereocenters. The number of amides is 1. The number of nitrogens with zero attached hydrogens (tertiary/aromatic N) is 6. The van der Waals surface area contributed by atoms with Crippen LogP contribution >= 0.6 is 0 Å². The van der Waals surface area contributed by atoms with E-state index in [9.17, 15) is 22.9 Å². The number of nitriles is 1. The van der Waals surface area contributed by atoms with Crippen LogP contribution in [0.5, 0.6) is 11.6 Å². The highest BCUT2D eigenvalue weighted by Gasteiger charge is 2.33. The minimum atomic E-state index is -4.07. The largest absolute Gasteiger partial charge is 0.444 e. The molecule has 1 N–H and O–H groups in total. The first-order chi connectivity index (χ1) is 25.1. The van der Waals surface area contributed by atoms with E-state index in [0.717, 1.165) is 10.6 Å². The molecule has 0 spiro atoms. The molecular formula is C38H37F2N7O5S. The summed E-state index contributed by atoms with van der Waals surface area (Å²) < 4.78 is 69.7. The maximum Gasteiger partial charge on any atom is 0.410 e. The summed E-state index contributed by atoms with van der Waals surface area (Å²) in [5.74, 6) is -0.121. The lowest BCUT2D eigenvalue weighted by molar-refractivity contribution is 0.0124. The molecule has 6 rings (SSSR count). The van der Waals surface area contributed by atoms with Crippen LogP contribution < -0.4 is 14.4 Å². The number of aromatic nitrogens is 3. The topological polar surface area (TPSA) is 151 Å². The number of pyridine rings is 1. The zero-order chi connectivity index (χ0) is 38.1. The van der Waals surface area contributed by atoms with Crippen LogP contribution in [0.1, 0.15) is 38.3 Å². The molecule has 1 fully saturated rings. The summed E-state index contributed by atoms with van der Waals surface area (Å²) in [6.45, 7) is 7.15. The van der Waals surface area contributed by atoms with Crippen LogP contribution in [0, 0.1) is 24.1 Å². The average Bonchev–Trinajstić information content (AvgIpc) is 3.09. The molecule has 12 nitrogen and oxygen atoms in total. The van der Waals surface area contributed by atoms with Crippen molar-refractivity contribution in [1.82, 2.24) is 19.9 Å². The Morgan fingerprint density at radius 2 is 1.75 bits per heavy atom. The van der Waals surface area contributed by atoms with Gasteiger partial charge in [0, 0.05) is 42.2 Å². The number of piperidine rings is 1. The Balaban J connectivity index is 1.33. The van der Waals surface area contributed by atoms with Gasteiger partial charge in [-0.25, -0.2) is 41.3 Å². The third-order valence-electron chi connectivity index (χ3n) is 8.32. The van der Waals surface area contributed by atoms with E-state index in [0.29, 0.717) is 33.5 Å². The predicted octanol–water partition coefficient (Wildman–Crippen LogP) is 7.66. The maximum absolute atomic E-state index is 15.8. The van der Waals surface area contributed by atoms with Crippen LogP contribution in [0.25, 0.3) is 22.0 Å². The number of anilines is 3. The Kier molecular flexibility index (Phi) is 10.2. The number of hydrogen-bond acceptors (Lipinski definition) is 10. The molecule has 3 aromatic carbocycles. The van der Waals surface area contributed by atoms with Crippen molar-refractivity contribution in [3.63, 3.8) is 0 Å². The van der Waals surface area contributed by atoms with Crippen LogP contribution in [0.4, 0.5) is 30.9 Å². The van der Waals surface area contributed by atoms with Gasteiger partial charge in [0.2, 0.25) is 21.9 Å². The van der Waals surface area contributed by atoms with Crippen LogP contribution in [0.2, 0.25) is 0 Å². The number of benzene rings is 3. The van der Waals surface area contributed by atoms with Crippen molar-refractivity contribution >= 4 is 44.2 Å². The second-order valence-corrected chi connectivity index (χ2v) is 15.5. The molecule has 2 unspecified atom stereocenters. The van der Waals surface area contributed by atoms with E-state index < -0.39 is 39.7 Å². The van der Waals surface area contributed by atoms with Gasteiger partial charge in [0.25, 0.3) is 0 Å². The SMILES string of the molecule is Cc1ccc2c(N(c3ccc(C#N)cc3)S(C)(=O)=O)c(F)ccc2c1Oc1ncccc1-c1ccnc(NC2CC(F)CN(C(=O)OC(C)(C)C)C2)n1. The molecule has 15 heteroatoms. The maximum atomic E-state index is 15.8. The Bertz CT molecular complexity index is 2330. The lowest BCUT2D eigenvalue weighted by atomic mass is 10.0. The van der Waals surface area contributed by atoms with Gasteiger partial charge in [0.15, 0.2) is 0 Å². The molecule has 0 radical (unpaired) electrons. The van der Waals surface area contributed by atoms with Crippen molar-refractivity contribution in [3.8, 4) is 29.0 Å². The quantitative estimate of drug-likeness (QED) is 0.168. The van der Waals surface area contributed by atoms with Crippen LogP contribution in [-0.2, 0) is 14.8 Å². The third kappa shape index (κ3) is 8.28. The summed E-state index contributed by atoms with van der Waals surface area (Å²) in [6.07, 6.45) is 2.30. The number of ether oxygens (including phenoxy) is 2. The van der Waals surface area contributed by atoms with Crippen LogP contribution in [0.15, 0.2) is 79.1 Å². The van der Waals surface area contributed by atoms with Crippen LogP contribution in [0.3, 0.4) is 0 Å². The van der Waals surface area contributed by atoms with Gasteiger partial charge in [-0.15, -0.1) is 0 Å². The van der Waals surface area contributed by atoms with E-state index in [-0.39, 0.29) is 48.1 Å². The van der Waals surface area contributed by atoms with Crippen molar-refractivity contribution in [1.29, 1.82) is 5.26 Å². The summed E-state index contributed by atoms with van der Waals surface area (Å²) in [7, 11) is -4.07. The second-order valence-electron chi connectivity index (χ2n) is 13.7. The number of alkyl halides is 1. The monoisotopic (exact) mass is 741 g/mol. The molecule has 0 bridgehead atoms. The lowest BCUT2D eigenvalue weighted by Crippen LogP contribution is -2.51. The lowest BCUT2D eigenvalue weighted by Gasteiger charge is -2.36. The van der Waals surface area contributed by atoms with Gasteiger partial charge < -0.3 is 19.7 Å². The van der Waals surface area contributed by atoms with Crippen molar-refractivity contribution in [2.45, 2.75) is 51.9 Å². The fraction of sp³-hybridized carbons (Fsp3) is 0.289. The minimum Gasteiger partial charge on any atom is -0.444 e. The first kappa shape index (κ1) is 36.9. The predicted molar refractivity (Wildman–Crippen MR) is 197 cm³/mol. The van der Waals surface area contributed by atoms with Gasteiger partial charge in [-0.1, -0.05) is 12.1 Å². The molecule has 1 aliphatic rings. The van der Waals surface area contributed by atoms with Crippen molar-refractivity contribution in [2.24, 2.45) is 0 Å². The molecule has 0 aliphatic carbocycles. The Hall–Kier alpha value is -5.88. The fourth-order valence-corrected chi connectivity index (χ4v) is 7.11. The molecular weight excluding hydrogens is 705 g/mol. The van der Waals surface area contributed by atoms with E-state index in [2.05, 4.69) is 20.3 Å². The fourth-order valence-electron chi connectivity index (χ4n) is 6.09. The molecule has 1 saturated heterocycles. The highest BCUT2D eigenvalue weighted by molar-refractivity contribution is 7.92. The number of aryl methyl sites for hydroxylation is 1. The van der Waals surface area contributed by atoms with Gasteiger partial charge in [-0.05, 0) is 87.9 Å². The highest BCUT2D eigenvalue weighted by atomic mass is 32.2. The zero-order valence-corrected chi connectivity index (χ0v) is 30.5. The summed E-state index contributed by atoms with van der Waals surface area (Å²) in [5, 5.41) is 13.1. The molecule has 0 saturated carbocycles. The molecule has 5 aromatic rings. The number of nitrogens with one attached hydrogen (secondary N) is 1. The second kappa shape index (κ2) is 14.6. The van der Waals surface area contributed by atoms with E-state index in [1.807, 2.05) is 6.07 Å². The Labute approximate surface area is 306 Å². The van der Waals surface area contributed by atoms with Crippen LogP contribution in [-0.4, -0.2) is 71.5 Å². The molecule has 53 heavy (non-hydrogen) atoms. The summed E-state index contributed by atoms with van der Waals surface area (Å²) in [5.41, 5.74) is 1.09. The molecule has 274 valence electrons. The average molecular weight is 742 g/mol. The number of fused-ring (bicyclic) bond motifs is 1. The van der Waals surface area contributed by atoms with Gasteiger partial charge in [-0.2, -0.15) is 5.26 Å². The smallest absolute Gasteiger partial charge is 0.410 e.